The summed E-state index contributed by atoms with van der Waals surface area (Å²) in [5, 5.41) is 9.14. The molecule has 1 aliphatic heterocycles. The van der Waals surface area contributed by atoms with Crippen LogP contribution in [-0.2, 0) is 29.0 Å². The molecule has 0 amide bonds. The first kappa shape index (κ1) is 10.1. The van der Waals surface area contributed by atoms with Gasteiger partial charge in [-0.25, -0.2) is 0 Å². The number of nitriles is 1. The van der Waals surface area contributed by atoms with Crippen LogP contribution in [0, 0.1) is 34.5 Å². The SMILES string of the molecule is CC12CC3[CH-]C1OC(=O)C2(C#N)C3.[Ru+]. The monoisotopic (exact) mass is 278 g/mol. The summed E-state index contributed by atoms with van der Waals surface area (Å²) >= 11 is 0. The molecular weight excluding hydrogens is 267 g/mol. The molecule has 0 aromatic heterocycles. The van der Waals surface area contributed by atoms with Crippen molar-refractivity contribution in [2.24, 2.45) is 16.7 Å². The molecule has 4 atom stereocenters. The first-order valence-electron chi connectivity index (χ1n) is 4.60. The average molecular weight is 277 g/mol. The predicted octanol–water partition coefficient (Wildman–Crippen LogP) is 1.05. The molecule has 2 aliphatic carbocycles. The number of esters is 1. The van der Waals surface area contributed by atoms with Crippen molar-refractivity contribution >= 4 is 5.97 Å². The first-order valence-corrected chi connectivity index (χ1v) is 4.60. The van der Waals surface area contributed by atoms with Gasteiger partial charge in [-0.05, 0) is 12.5 Å². The largest absolute Gasteiger partial charge is 1.00 e. The van der Waals surface area contributed by atoms with E-state index in [2.05, 4.69) is 12.5 Å². The summed E-state index contributed by atoms with van der Waals surface area (Å²) in [4.78, 5) is 11.6. The van der Waals surface area contributed by atoms with Crippen molar-refractivity contribution < 1.29 is 29.0 Å². The van der Waals surface area contributed by atoms with Crippen molar-refractivity contribution in [3.05, 3.63) is 6.42 Å². The molecule has 3 nitrogen and oxygen atoms in total. The number of hydrogen-bond donors (Lipinski definition) is 0. The van der Waals surface area contributed by atoms with E-state index in [4.69, 9.17) is 10.00 Å². The van der Waals surface area contributed by atoms with Crippen LogP contribution in [0.4, 0.5) is 0 Å². The molecule has 0 N–H and O–H groups in total. The van der Waals surface area contributed by atoms with Gasteiger partial charge in [0.1, 0.15) is 0 Å². The van der Waals surface area contributed by atoms with Gasteiger partial charge in [0, 0.05) is 5.41 Å². The summed E-state index contributed by atoms with van der Waals surface area (Å²) < 4.78 is 5.22. The zero-order chi connectivity index (χ0) is 9.27. The number of fused-ring (bicyclic) bond motifs is 1. The second-order valence-corrected chi connectivity index (χ2v) is 4.62. The molecule has 3 aliphatic rings. The second-order valence-electron chi connectivity index (χ2n) is 4.62. The van der Waals surface area contributed by atoms with Gasteiger partial charge in [-0.1, -0.05) is 13.3 Å². The van der Waals surface area contributed by atoms with Crippen molar-refractivity contribution in [3.63, 3.8) is 0 Å². The molecule has 75 valence electrons. The van der Waals surface area contributed by atoms with Crippen molar-refractivity contribution in [1.82, 2.24) is 0 Å². The van der Waals surface area contributed by atoms with Gasteiger partial charge < -0.3 is 4.74 Å². The summed E-state index contributed by atoms with van der Waals surface area (Å²) in [7, 11) is 0. The minimum absolute atomic E-state index is 0. The molecule has 14 heavy (non-hydrogen) atoms. The van der Waals surface area contributed by atoms with Crippen LogP contribution in [0.1, 0.15) is 19.8 Å². The Labute approximate surface area is 95.6 Å². The predicted molar refractivity (Wildman–Crippen MR) is 43.1 cm³/mol. The van der Waals surface area contributed by atoms with Crippen LogP contribution in [0.15, 0.2) is 0 Å². The molecule has 2 bridgehead atoms. The topological polar surface area (TPSA) is 50.1 Å². The Hall–Kier alpha value is -0.417. The van der Waals surface area contributed by atoms with E-state index in [1.165, 1.54) is 0 Å². The maximum atomic E-state index is 11.6. The van der Waals surface area contributed by atoms with E-state index in [0.29, 0.717) is 12.3 Å². The average Bonchev–Trinajstić information content (AvgIpc) is 2.54. The molecule has 4 unspecified atom stereocenters. The summed E-state index contributed by atoms with van der Waals surface area (Å²) in [6, 6.07) is 2.20. The van der Waals surface area contributed by atoms with Gasteiger partial charge in [0.2, 0.25) is 0 Å². The van der Waals surface area contributed by atoms with Crippen LogP contribution >= 0.6 is 0 Å². The van der Waals surface area contributed by atoms with E-state index < -0.39 is 5.41 Å². The van der Waals surface area contributed by atoms with Crippen LogP contribution in [0.5, 0.6) is 0 Å². The van der Waals surface area contributed by atoms with E-state index in [1.807, 2.05) is 6.92 Å². The fourth-order valence-electron chi connectivity index (χ4n) is 3.29. The van der Waals surface area contributed by atoms with Gasteiger partial charge in [-0.2, -0.15) is 11.2 Å². The van der Waals surface area contributed by atoms with Crippen LogP contribution in [0.2, 0.25) is 0 Å². The normalized spacial score (nSPS) is 52.4. The molecule has 0 aromatic rings. The van der Waals surface area contributed by atoms with Gasteiger partial charge in [-0.3, -0.25) is 11.2 Å². The third-order valence-corrected chi connectivity index (χ3v) is 4.08. The fourth-order valence-corrected chi connectivity index (χ4v) is 3.29. The van der Waals surface area contributed by atoms with Crippen molar-refractivity contribution in [2.45, 2.75) is 25.9 Å². The van der Waals surface area contributed by atoms with Gasteiger partial charge in [0.15, 0.2) is 5.41 Å². The Kier molecular flexibility index (Phi) is 1.86. The Balaban J connectivity index is 0.000000750. The summed E-state index contributed by atoms with van der Waals surface area (Å²) in [6.07, 6.45) is 3.62. The van der Waals surface area contributed by atoms with Crippen molar-refractivity contribution in [1.29, 1.82) is 5.26 Å². The molecule has 0 spiro atoms. The van der Waals surface area contributed by atoms with Crippen LogP contribution in [0.3, 0.4) is 0 Å². The molecule has 3 rings (SSSR count). The summed E-state index contributed by atoms with van der Waals surface area (Å²) in [5.41, 5.74) is -1.05. The fraction of sp³-hybridized carbons (Fsp3) is 0.700. The Bertz CT molecular complexity index is 351. The quantitative estimate of drug-likeness (QED) is 0.378. The van der Waals surface area contributed by atoms with Crippen molar-refractivity contribution in [2.75, 3.05) is 0 Å². The number of carbonyl (C=O) groups excluding carboxylic acids is 1. The molecule has 0 aromatic carbocycles. The third-order valence-electron chi connectivity index (χ3n) is 4.08. The molecule has 3 fully saturated rings. The number of rotatable bonds is 0. The van der Waals surface area contributed by atoms with Gasteiger partial charge in [0.25, 0.3) is 0 Å². The first-order chi connectivity index (χ1) is 6.12. The van der Waals surface area contributed by atoms with Crippen LogP contribution in [-0.4, -0.2) is 12.1 Å². The van der Waals surface area contributed by atoms with Gasteiger partial charge in [-0.15, -0.1) is 0 Å². The van der Waals surface area contributed by atoms with E-state index >= 15 is 0 Å². The summed E-state index contributed by atoms with van der Waals surface area (Å²) in [6.45, 7) is 2.01. The zero-order valence-corrected chi connectivity index (χ0v) is 9.50. The maximum absolute atomic E-state index is 11.6. The standard InChI is InChI=1S/C10H10NO2.Ru/c1-9-3-6-2-7(9)13-8(12)10(9,4-6)5-11;/h2,6-7H,3-4H2,1H3;/q-1;+1. The van der Waals surface area contributed by atoms with E-state index in [1.54, 1.807) is 0 Å². The minimum Gasteiger partial charge on any atom is -0.493 e. The minimum atomic E-state index is -0.822. The van der Waals surface area contributed by atoms with E-state index in [-0.39, 0.29) is 37.0 Å². The number of carbonyl (C=O) groups is 1. The molecule has 1 heterocycles. The Morgan fingerprint density at radius 2 is 2.36 bits per heavy atom. The Morgan fingerprint density at radius 3 is 2.86 bits per heavy atom. The molecule has 1 saturated heterocycles. The number of hydrogen-bond acceptors (Lipinski definition) is 3. The van der Waals surface area contributed by atoms with Gasteiger partial charge >= 0.3 is 25.4 Å². The third kappa shape index (κ3) is 0.750. The second kappa shape index (κ2) is 2.58. The molecule has 1 radical (unpaired) electrons. The van der Waals surface area contributed by atoms with E-state index in [0.717, 1.165) is 6.42 Å². The maximum Gasteiger partial charge on any atom is 1.00 e. The van der Waals surface area contributed by atoms with Crippen LogP contribution < -0.4 is 0 Å². The summed E-state index contributed by atoms with van der Waals surface area (Å²) in [5.74, 6) is 0.125. The smallest absolute Gasteiger partial charge is 0.493 e. The molecule has 4 heteroatoms. The zero-order valence-electron chi connectivity index (χ0n) is 7.76. The van der Waals surface area contributed by atoms with Gasteiger partial charge in [0.05, 0.1) is 6.07 Å². The van der Waals surface area contributed by atoms with Crippen molar-refractivity contribution in [3.8, 4) is 6.07 Å². The Morgan fingerprint density at radius 1 is 1.64 bits per heavy atom. The molecule has 2 saturated carbocycles. The van der Waals surface area contributed by atoms with Crippen LogP contribution in [0.25, 0.3) is 0 Å². The molecular formula is C10H10NO2Ru. The number of ether oxygens (including phenoxy) is 1. The number of nitrogens with zero attached hydrogens (tertiary/aromatic N) is 1. The van der Waals surface area contributed by atoms with E-state index in [9.17, 15) is 4.79 Å².